The van der Waals surface area contributed by atoms with Gasteiger partial charge in [0.15, 0.2) is 5.84 Å². The summed E-state index contributed by atoms with van der Waals surface area (Å²) in [5.41, 5.74) is 6.16. The van der Waals surface area contributed by atoms with Gasteiger partial charge in [0.2, 0.25) is 5.16 Å². The number of nitrogens with zero attached hydrogens (tertiary/aromatic N) is 5. The summed E-state index contributed by atoms with van der Waals surface area (Å²) in [6.07, 6.45) is 2.17. The van der Waals surface area contributed by atoms with Crippen molar-refractivity contribution in [1.82, 2.24) is 20.2 Å². The van der Waals surface area contributed by atoms with E-state index in [0.717, 1.165) is 17.7 Å². The third-order valence-electron chi connectivity index (χ3n) is 2.90. The van der Waals surface area contributed by atoms with Crippen molar-refractivity contribution in [2.45, 2.75) is 28.9 Å². The molecule has 2 aromatic rings. The van der Waals surface area contributed by atoms with Gasteiger partial charge in [0, 0.05) is 4.90 Å². The van der Waals surface area contributed by atoms with Crippen LogP contribution in [-0.2, 0) is 0 Å². The largest absolute Gasteiger partial charge is 0.409 e. The lowest BCUT2D eigenvalue weighted by Gasteiger charge is -2.09. The molecule has 1 aliphatic carbocycles. The number of nitrogens with two attached hydrogens (primary N) is 1. The zero-order valence-electron chi connectivity index (χ0n) is 10.3. The molecule has 0 radical (unpaired) electrons. The van der Waals surface area contributed by atoms with Gasteiger partial charge in [-0.1, -0.05) is 22.8 Å². The highest BCUT2D eigenvalue weighted by Gasteiger charge is 2.28. The van der Waals surface area contributed by atoms with Crippen molar-refractivity contribution >= 4 is 29.2 Å². The van der Waals surface area contributed by atoms with Gasteiger partial charge >= 0.3 is 0 Å². The Balaban J connectivity index is 1.98. The number of benzene rings is 1. The molecule has 1 aromatic heterocycles. The van der Waals surface area contributed by atoms with Gasteiger partial charge in [-0.3, -0.25) is 0 Å². The number of amidine groups is 1. The molecular formula is C11H11ClN6OS. The van der Waals surface area contributed by atoms with Crippen molar-refractivity contribution in [1.29, 1.82) is 0 Å². The van der Waals surface area contributed by atoms with Crippen LogP contribution in [0, 0.1) is 0 Å². The van der Waals surface area contributed by atoms with Crippen LogP contribution in [0.5, 0.6) is 0 Å². The van der Waals surface area contributed by atoms with Crippen LogP contribution in [0.15, 0.2) is 33.4 Å². The molecule has 104 valence electrons. The monoisotopic (exact) mass is 310 g/mol. The summed E-state index contributed by atoms with van der Waals surface area (Å²) in [4.78, 5) is 0.740. The predicted octanol–water partition coefficient (Wildman–Crippen LogP) is 1.91. The Bertz CT molecular complexity index is 669. The van der Waals surface area contributed by atoms with E-state index in [1.807, 2.05) is 6.07 Å². The SMILES string of the molecule is NC(=NO)c1c(Cl)cccc1Sc1nnnn1C1CC1. The molecule has 1 heterocycles. The lowest BCUT2D eigenvalue weighted by Crippen LogP contribution is -2.15. The van der Waals surface area contributed by atoms with Gasteiger partial charge in [0.05, 0.1) is 16.6 Å². The standard InChI is InChI=1S/C11H11ClN6OS/c12-7-2-1-3-8(9(7)10(13)15-19)20-11-14-16-17-18(11)6-4-5-6/h1-3,6,19H,4-5H2,(H2,13,15). The molecule has 0 spiro atoms. The molecule has 0 bridgehead atoms. The Labute approximate surface area is 123 Å². The van der Waals surface area contributed by atoms with Gasteiger partial charge in [-0.15, -0.1) is 5.10 Å². The zero-order chi connectivity index (χ0) is 14.1. The summed E-state index contributed by atoms with van der Waals surface area (Å²) in [6.45, 7) is 0. The van der Waals surface area contributed by atoms with Gasteiger partial charge in [0.25, 0.3) is 0 Å². The van der Waals surface area contributed by atoms with Crippen molar-refractivity contribution in [3.05, 3.63) is 28.8 Å². The molecule has 0 aliphatic heterocycles. The molecule has 1 saturated carbocycles. The maximum atomic E-state index is 8.87. The van der Waals surface area contributed by atoms with Gasteiger partial charge in [0.1, 0.15) is 0 Å². The quantitative estimate of drug-likeness (QED) is 0.387. The molecule has 1 aromatic carbocycles. The normalized spacial score (nSPS) is 15.6. The number of aromatic nitrogens is 4. The van der Waals surface area contributed by atoms with Crippen LogP contribution in [0.2, 0.25) is 5.02 Å². The van der Waals surface area contributed by atoms with E-state index in [9.17, 15) is 0 Å². The van der Waals surface area contributed by atoms with Crippen LogP contribution in [0.3, 0.4) is 0 Å². The topological polar surface area (TPSA) is 102 Å². The molecular weight excluding hydrogens is 300 g/mol. The lowest BCUT2D eigenvalue weighted by atomic mass is 10.2. The summed E-state index contributed by atoms with van der Waals surface area (Å²) in [6, 6.07) is 5.68. The first kappa shape index (κ1) is 13.2. The summed E-state index contributed by atoms with van der Waals surface area (Å²) in [5.74, 6) is -0.0384. The van der Waals surface area contributed by atoms with Crippen molar-refractivity contribution in [2.75, 3.05) is 0 Å². The molecule has 0 saturated heterocycles. The van der Waals surface area contributed by atoms with Gasteiger partial charge in [-0.2, -0.15) is 0 Å². The van der Waals surface area contributed by atoms with Crippen LogP contribution in [0.1, 0.15) is 24.4 Å². The Morgan fingerprint density at radius 1 is 1.50 bits per heavy atom. The number of tetrazole rings is 1. The van der Waals surface area contributed by atoms with Crippen LogP contribution in [0.25, 0.3) is 0 Å². The Hall–Kier alpha value is -1.80. The van der Waals surface area contributed by atoms with E-state index in [1.54, 1.807) is 16.8 Å². The van der Waals surface area contributed by atoms with Crippen molar-refractivity contribution < 1.29 is 5.21 Å². The second-order valence-electron chi connectivity index (χ2n) is 4.34. The maximum Gasteiger partial charge on any atom is 0.214 e. The smallest absolute Gasteiger partial charge is 0.214 e. The maximum absolute atomic E-state index is 8.87. The number of halogens is 1. The van der Waals surface area contributed by atoms with Crippen molar-refractivity contribution in [3.63, 3.8) is 0 Å². The van der Waals surface area contributed by atoms with E-state index in [-0.39, 0.29) is 5.84 Å². The van der Waals surface area contributed by atoms with E-state index in [2.05, 4.69) is 20.7 Å². The molecule has 1 fully saturated rings. The summed E-state index contributed by atoms with van der Waals surface area (Å²) in [7, 11) is 0. The Kier molecular flexibility index (Phi) is 3.49. The van der Waals surface area contributed by atoms with E-state index in [0.29, 0.717) is 21.8 Å². The Morgan fingerprint density at radius 3 is 3.00 bits per heavy atom. The molecule has 0 amide bonds. The number of hydrogen-bond donors (Lipinski definition) is 2. The third kappa shape index (κ3) is 2.44. The molecule has 9 heteroatoms. The zero-order valence-corrected chi connectivity index (χ0v) is 11.8. The van der Waals surface area contributed by atoms with E-state index in [1.165, 1.54) is 11.8 Å². The van der Waals surface area contributed by atoms with Crippen LogP contribution in [0.4, 0.5) is 0 Å². The van der Waals surface area contributed by atoms with Gasteiger partial charge in [-0.05, 0) is 47.2 Å². The summed E-state index contributed by atoms with van der Waals surface area (Å²) >= 11 is 7.46. The summed E-state index contributed by atoms with van der Waals surface area (Å²) < 4.78 is 1.79. The lowest BCUT2D eigenvalue weighted by molar-refractivity contribution is 0.318. The number of rotatable bonds is 4. The first-order valence-electron chi connectivity index (χ1n) is 5.93. The third-order valence-corrected chi connectivity index (χ3v) is 4.22. The predicted molar refractivity (Wildman–Crippen MR) is 74.2 cm³/mol. The van der Waals surface area contributed by atoms with Gasteiger partial charge < -0.3 is 10.9 Å². The fraction of sp³-hybridized carbons (Fsp3) is 0.273. The van der Waals surface area contributed by atoms with Crippen LogP contribution < -0.4 is 5.73 Å². The second kappa shape index (κ2) is 5.29. The van der Waals surface area contributed by atoms with Crippen molar-refractivity contribution in [2.24, 2.45) is 10.9 Å². The second-order valence-corrected chi connectivity index (χ2v) is 5.75. The molecule has 3 rings (SSSR count). The highest BCUT2D eigenvalue weighted by Crippen LogP contribution is 2.39. The number of oxime groups is 1. The van der Waals surface area contributed by atoms with Crippen LogP contribution >= 0.6 is 23.4 Å². The van der Waals surface area contributed by atoms with Crippen molar-refractivity contribution in [3.8, 4) is 0 Å². The molecule has 0 atom stereocenters. The van der Waals surface area contributed by atoms with Crippen LogP contribution in [-0.4, -0.2) is 31.3 Å². The molecule has 3 N–H and O–H groups in total. The Morgan fingerprint density at radius 2 is 2.30 bits per heavy atom. The molecule has 7 nitrogen and oxygen atoms in total. The fourth-order valence-corrected chi connectivity index (χ4v) is 3.13. The highest BCUT2D eigenvalue weighted by atomic mass is 35.5. The number of hydrogen-bond acceptors (Lipinski definition) is 6. The van der Waals surface area contributed by atoms with E-state index in [4.69, 9.17) is 22.5 Å². The fourth-order valence-electron chi connectivity index (χ4n) is 1.79. The first-order chi connectivity index (χ1) is 9.70. The molecule has 1 aliphatic rings. The minimum atomic E-state index is -0.0384. The molecule has 0 unspecified atom stereocenters. The summed E-state index contributed by atoms with van der Waals surface area (Å²) in [5, 5.41) is 24.6. The minimum Gasteiger partial charge on any atom is -0.409 e. The first-order valence-corrected chi connectivity index (χ1v) is 7.12. The highest BCUT2D eigenvalue weighted by molar-refractivity contribution is 7.99. The van der Waals surface area contributed by atoms with E-state index >= 15 is 0 Å². The average Bonchev–Trinajstić information content (AvgIpc) is 3.19. The van der Waals surface area contributed by atoms with E-state index < -0.39 is 0 Å². The molecule has 20 heavy (non-hydrogen) atoms. The minimum absolute atomic E-state index is 0.0384. The average molecular weight is 311 g/mol. The van der Waals surface area contributed by atoms with Gasteiger partial charge in [-0.25, -0.2) is 4.68 Å².